The molecule has 0 spiro atoms. The molecule has 1 fully saturated rings. The van der Waals surface area contributed by atoms with E-state index in [0.717, 1.165) is 66.4 Å². The van der Waals surface area contributed by atoms with Crippen LogP contribution in [-0.4, -0.2) is 56.9 Å². The molecule has 0 aliphatic carbocycles. The normalized spacial score (nSPS) is 14.2. The Labute approximate surface area is 224 Å². The number of fused-ring (bicyclic) bond motifs is 1. The number of nitrogens with zero attached hydrogens (tertiary/aromatic N) is 5. The molecule has 9 heteroatoms. The second-order valence-electron chi connectivity index (χ2n) is 9.44. The number of carbonyl (C=O) groups is 1. The summed E-state index contributed by atoms with van der Waals surface area (Å²) in [6.45, 7) is 7.97. The van der Waals surface area contributed by atoms with Gasteiger partial charge in [0.25, 0.3) is 5.91 Å². The first-order valence-electron chi connectivity index (χ1n) is 12.6. The summed E-state index contributed by atoms with van der Waals surface area (Å²) < 4.78 is 7.25. The van der Waals surface area contributed by atoms with Crippen molar-refractivity contribution < 1.29 is 9.53 Å². The van der Waals surface area contributed by atoms with Gasteiger partial charge in [-0.25, -0.2) is 14.6 Å². The van der Waals surface area contributed by atoms with Crippen molar-refractivity contribution in [1.29, 1.82) is 0 Å². The maximum atomic E-state index is 13.7. The average Bonchev–Trinajstić information content (AvgIpc) is 3.53. The zero-order valence-corrected chi connectivity index (χ0v) is 22.2. The Bertz CT molecular complexity index is 1590. The van der Waals surface area contributed by atoms with E-state index < -0.39 is 0 Å². The van der Waals surface area contributed by atoms with Crippen LogP contribution in [0.2, 0.25) is 0 Å². The summed E-state index contributed by atoms with van der Waals surface area (Å²) >= 11 is 1.44. The van der Waals surface area contributed by atoms with Gasteiger partial charge in [0, 0.05) is 30.6 Å². The first-order valence-corrected chi connectivity index (χ1v) is 13.5. The zero-order chi connectivity index (χ0) is 26.1. The van der Waals surface area contributed by atoms with Crippen molar-refractivity contribution in [2.24, 2.45) is 0 Å². The highest BCUT2D eigenvalue weighted by Crippen LogP contribution is 2.30. The van der Waals surface area contributed by atoms with Crippen LogP contribution >= 0.6 is 11.3 Å². The summed E-state index contributed by atoms with van der Waals surface area (Å²) in [7, 11) is 0. The van der Waals surface area contributed by atoms with Crippen molar-refractivity contribution in [3.05, 3.63) is 88.6 Å². The molecule has 0 radical (unpaired) electrons. The summed E-state index contributed by atoms with van der Waals surface area (Å²) in [5, 5.41) is 11.1. The average molecular weight is 525 g/mol. The van der Waals surface area contributed by atoms with Crippen LogP contribution in [0.5, 0.6) is 0 Å². The molecule has 8 nitrogen and oxygen atoms in total. The number of thiazole rings is 1. The number of nitrogens with one attached hydrogen (secondary N) is 1. The van der Waals surface area contributed by atoms with Crippen molar-refractivity contribution >= 4 is 33.4 Å². The summed E-state index contributed by atoms with van der Waals surface area (Å²) in [5.74, 6) is -0.228. The van der Waals surface area contributed by atoms with Crippen LogP contribution in [0.25, 0.3) is 28.0 Å². The topological polar surface area (TPSA) is 85.2 Å². The monoisotopic (exact) mass is 524 g/mol. The molecule has 0 atom stereocenters. The van der Waals surface area contributed by atoms with E-state index in [4.69, 9.17) is 14.8 Å². The molecule has 3 aromatic heterocycles. The minimum atomic E-state index is -0.228. The van der Waals surface area contributed by atoms with Crippen LogP contribution < -0.4 is 5.32 Å². The number of aromatic nitrogens is 4. The van der Waals surface area contributed by atoms with Gasteiger partial charge >= 0.3 is 0 Å². The van der Waals surface area contributed by atoms with E-state index in [1.54, 1.807) is 0 Å². The number of anilines is 1. The van der Waals surface area contributed by atoms with Gasteiger partial charge in [0.2, 0.25) is 0 Å². The van der Waals surface area contributed by atoms with Gasteiger partial charge < -0.3 is 4.74 Å². The molecule has 5 aromatic rings. The minimum absolute atomic E-state index is 0.228. The molecular weight excluding hydrogens is 496 g/mol. The Hall–Kier alpha value is -3.92. The van der Waals surface area contributed by atoms with Crippen molar-refractivity contribution in [2.45, 2.75) is 20.4 Å². The molecule has 2 aromatic carbocycles. The molecule has 1 saturated heterocycles. The lowest BCUT2D eigenvalue weighted by molar-refractivity contribution is 0.0337. The quantitative estimate of drug-likeness (QED) is 0.327. The van der Waals surface area contributed by atoms with Crippen molar-refractivity contribution in [1.82, 2.24) is 24.6 Å². The third-order valence-corrected chi connectivity index (χ3v) is 7.47. The highest BCUT2D eigenvalue weighted by Gasteiger charge is 2.22. The first kappa shape index (κ1) is 24.4. The molecule has 1 aliphatic heterocycles. The van der Waals surface area contributed by atoms with E-state index in [9.17, 15) is 4.79 Å². The van der Waals surface area contributed by atoms with E-state index in [0.29, 0.717) is 22.0 Å². The van der Waals surface area contributed by atoms with Crippen LogP contribution in [-0.2, 0) is 11.3 Å². The van der Waals surface area contributed by atoms with Gasteiger partial charge in [0.05, 0.1) is 46.9 Å². The number of ether oxygens (including phenoxy) is 1. The summed E-state index contributed by atoms with van der Waals surface area (Å²) in [6, 6.07) is 19.9. The number of aryl methyl sites for hydroxylation is 2. The zero-order valence-electron chi connectivity index (χ0n) is 21.3. The molecular formula is C29H28N6O2S. The minimum Gasteiger partial charge on any atom is -0.379 e. The molecule has 1 aliphatic rings. The molecule has 0 saturated carbocycles. The fourth-order valence-corrected chi connectivity index (χ4v) is 5.38. The fraction of sp³-hybridized carbons (Fsp3) is 0.241. The van der Waals surface area contributed by atoms with Crippen LogP contribution in [0.3, 0.4) is 0 Å². The van der Waals surface area contributed by atoms with Crippen LogP contribution in [0.4, 0.5) is 5.13 Å². The lowest BCUT2D eigenvalue weighted by Gasteiger charge is -2.25. The smallest absolute Gasteiger partial charge is 0.258 e. The Morgan fingerprint density at radius 1 is 1.03 bits per heavy atom. The largest absolute Gasteiger partial charge is 0.379 e. The van der Waals surface area contributed by atoms with Gasteiger partial charge in [0.15, 0.2) is 10.8 Å². The number of amides is 1. The Morgan fingerprint density at radius 2 is 1.79 bits per heavy atom. The van der Waals surface area contributed by atoms with E-state index in [2.05, 4.69) is 22.1 Å². The molecule has 38 heavy (non-hydrogen) atoms. The molecule has 4 heterocycles. The van der Waals surface area contributed by atoms with E-state index in [1.807, 2.05) is 77.6 Å². The van der Waals surface area contributed by atoms with Crippen LogP contribution in [0, 0.1) is 13.8 Å². The van der Waals surface area contributed by atoms with Crippen molar-refractivity contribution in [3.63, 3.8) is 0 Å². The molecule has 0 unspecified atom stereocenters. The molecule has 1 N–H and O–H groups in total. The summed E-state index contributed by atoms with van der Waals surface area (Å²) in [4.78, 5) is 25.7. The highest BCUT2D eigenvalue weighted by atomic mass is 32.1. The SMILES string of the molecule is Cc1ccc(-n2nc(C)c3c(C(=O)Nc4nc(CN5CCOCC5)cs4)cc(-c4ccccc4)nc32)cc1. The van der Waals surface area contributed by atoms with E-state index >= 15 is 0 Å². The predicted molar refractivity (Wildman–Crippen MR) is 150 cm³/mol. The predicted octanol–water partition coefficient (Wildman–Crippen LogP) is 5.25. The second-order valence-corrected chi connectivity index (χ2v) is 10.3. The van der Waals surface area contributed by atoms with E-state index in [1.165, 1.54) is 11.3 Å². The second kappa shape index (κ2) is 10.4. The Kier molecular flexibility index (Phi) is 6.71. The number of rotatable bonds is 6. The summed E-state index contributed by atoms with van der Waals surface area (Å²) in [5.41, 5.74) is 6.55. The fourth-order valence-electron chi connectivity index (χ4n) is 4.68. The van der Waals surface area contributed by atoms with Crippen LogP contribution in [0.1, 0.15) is 27.3 Å². The van der Waals surface area contributed by atoms with Crippen molar-refractivity contribution in [2.75, 3.05) is 31.6 Å². The maximum absolute atomic E-state index is 13.7. The third-order valence-electron chi connectivity index (χ3n) is 6.67. The van der Waals surface area contributed by atoms with Crippen molar-refractivity contribution in [3.8, 4) is 16.9 Å². The Balaban J connectivity index is 1.38. The van der Waals surface area contributed by atoms with E-state index in [-0.39, 0.29) is 5.91 Å². The lowest BCUT2D eigenvalue weighted by Crippen LogP contribution is -2.35. The lowest BCUT2D eigenvalue weighted by atomic mass is 10.0. The van der Waals surface area contributed by atoms with Gasteiger partial charge in [0.1, 0.15) is 0 Å². The molecule has 1 amide bonds. The number of carbonyl (C=O) groups excluding carboxylic acids is 1. The van der Waals surface area contributed by atoms with Gasteiger partial charge in [-0.05, 0) is 32.0 Å². The molecule has 0 bridgehead atoms. The number of benzene rings is 2. The molecule has 192 valence electrons. The maximum Gasteiger partial charge on any atom is 0.258 e. The summed E-state index contributed by atoms with van der Waals surface area (Å²) in [6.07, 6.45) is 0. The third kappa shape index (κ3) is 4.96. The molecule has 6 rings (SSSR count). The van der Waals surface area contributed by atoms with Gasteiger partial charge in [-0.15, -0.1) is 11.3 Å². The number of morpholine rings is 1. The van der Waals surface area contributed by atoms with Crippen LogP contribution in [0.15, 0.2) is 66.0 Å². The Morgan fingerprint density at radius 3 is 2.55 bits per heavy atom. The number of pyridine rings is 1. The van der Waals surface area contributed by atoms with Gasteiger partial charge in [-0.3, -0.25) is 15.0 Å². The first-order chi connectivity index (χ1) is 18.5. The van der Waals surface area contributed by atoms with Gasteiger partial charge in [-0.1, -0.05) is 48.0 Å². The van der Waals surface area contributed by atoms with Gasteiger partial charge in [-0.2, -0.15) is 5.10 Å². The number of hydrogen-bond donors (Lipinski definition) is 1. The highest BCUT2D eigenvalue weighted by molar-refractivity contribution is 7.14. The number of hydrogen-bond acceptors (Lipinski definition) is 7. The standard InChI is InChI=1S/C29H28N6O2S/c1-19-8-10-23(11-9-19)35-27-26(20(2)33-35)24(16-25(31-27)21-6-4-3-5-7-21)28(36)32-29-30-22(18-38-29)17-34-12-14-37-15-13-34/h3-11,16,18H,12-15,17H2,1-2H3,(H,30,32,36).